The van der Waals surface area contributed by atoms with Crippen molar-refractivity contribution in [2.45, 2.75) is 11.5 Å². The third kappa shape index (κ3) is 4.39. The number of nitrogens with zero attached hydrogens (tertiary/aromatic N) is 5. The number of anilines is 1. The molecule has 15 heteroatoms. The van der Waals surface area contributed by atoms with Crippen molar-refractivity contribution < 1.29 is 31.3 Å². The number of aromatic nitrogens is 5. The Morgan fingerprint density at radius 2 is 2.09 bits per heavy atom. The van der Waals surface area contributed by atoms with Crippen LogP contribution in [0.2, 0.25) is 0 Å². The molecule has 2 N–H and O–H groups in total. The van der Waals surface area contributed by atoms with E-state index in [2.05, 4.69) is 25.2 Å². The van der Waals surface area contributed by atoms with Crippen LogP contribution in [0.1, 0.15) is 10.4 Å². The molecule has 0 saturated heterocycles. The van der Waals surface area contributed by atoms with E-state index in [1.54, 1.807) is 35.1 Å². The monoisotopic (exact) mass is 576 g/mol. The summed E-state index contributed by atoms with van der Waals surface area (Å²) in [6.07, 6.45) is 5.76. The van der Waals surface area contributed by atoms with Gasteiger partial charge in [-0.25, -0.2) is 12.4 Å². The minimum absolute atomic E-state index is 0.0614. The molecular weight excluding hydrogens is 565 g/mol. The summed E-state index contributed by atoms with van der Waals surface area (Å²) in [4.78, 5) is 16.4. The van der Waals surface area contributed by atoms with Crippen LogP contribution >= 0.6 is 22.9 Å². The highest BCUT2D eigenvalue weighted by Gasteiger charge is 2.23. The standard InChI is InChI=1S/C17H11F2IN6O5S/c18-17(19)31-13-3-2-9(32(28,29)30)6-10(13)14-12(8-26(20)24-14)23-16(27)11-7-22-25-5-1-4-21-15(11)25/h1-8,17H,(H,23,27)(H,28,29,30). The van der Waals surface area contributed by atoms with E-state index in [1.807, 2.05) is 0 Å². The summed E-state index contributed by atoms with van der Waals surface area (Å²) in [6, 6.07) is 4.41. The van der Waals surface area contributed by atoms with Crippen molar-refractivity contribution in [2.75, 3.05) is 5.32 Å². The van der Waals surface area contributed by atoms with Gasteiger partial charge >= 0.3 is 6.61 Å². The molecule has 3 aromatic heterocycles. The number of fused-ring (bicyclic) bond motifs is 1. The Kier molecular flexibility index (Phi) is 5.78. The maximum Gasteiger partial charge on any atom is 0.387 e. The number of benzene rings is 1. The predicted octanol–water partition coefficient (Wildman–Crippen LogP) is 2.89. The van der Waals surface area contributed by atoms with Crippen molar-refractivity contribution in [1.82, 2.24) is 22.6 Å². The predicted molar refractivity (Wildman–Crippen MR) is 114 cm³/mol. The molecule has 1 aromatic carbocycles. The van der Waals surface area contributed by atoms with Gasteiger partial charge in [0.1, 0.15) is 17.0 Å². The summed E-state index contributed by atoms with van der Waals surface area (Å²) in [5, 5.41) is 10.7. The van der Waals surface area contributed by atoms with Gasteiger partial charge in [0.15, 0.2) is 5.65 Å². The molecule has 0 aliphatic rings. The minimum Gasteiger partial charge on any atom is -0.434 e. The van der Waals surface area contributed by atoms with Crippen molar-refractivity contribution in [1.29, 1.82) is 0 Å². The van der Waals surface area contributed by atoms with E-state index in [4.69, 9.17) is 0 Å². The maximum absolute atomic E-state index is 12.9. The SMILES string of the molecule is O=C(Nc1cn(I)nc1-c1cc(S(=O)(=O)O)ccc1OC(F)F)c1cnn2cccnc12. The van der Waals surface area contributed by atoms with Crippen LogP contribution in [0.5, 0.6) is 5.75 Å². The van der Waals surface area contributed by atoms with Gasteiger partial charge in [0.05, 0.1) is 45.8 Å². The molecule has 0 aliphatic heterocycles. The van der Waals surface area contributed by atoms with Crippen LogP contribution in [-0.4, -0.2) is 48.1 Å². The van der Waals surface area contributed by atoms with Gasteiger partial charge in [0, 0.05) is 18.0 Å². The number of carbonyl (C=O) groups is 1. The lowest BCUT2D eigenvalue weighted by Crippen LogP contribution is -2.12. The van der Waals surface area contributed by atoms with Gasteiger partial charge in [0.25, 0.3) is 16.0 Å². The number of carbonyl (C=O) groups excluding carboxylic acids is 1. The highest BCUT2D eigenvalue weighted by Crippen LogP contribution is 2.37. The van der Waals surface area contributed by atoms with Crippen LogP contribution in [0.4, 0.5) is 14.5 Å². The number of hydrogen-bond acceptors (Lipinski definition) is 7. The first kappa shape index (κ1) is 22.0. The van der Waals surface area contributed by atoms with E-state index >= 15 is 0 Å². The molecule has 11 nitrogen and oxygen atoms in total. The smallest absolute Gasteiger partial charge is 0.387 e. The zero-order valence-electron chi connectivity index (χ0n) is 15.6. The number of nitrogens with one attached hydrogen (secondary N) is 1. The summed E-state index contributed by atoms with van der Waals surface area (Å²) < 4.78 is 65.4. The van der Waals surface area contributed by atoms with Crippen LogP contribution in [0.3, 0.4) is 0 Å². The number of halogens is 3. The quantitative estimate of drug-likeness (QED) is 0.264. The average molecular weight is 576 g/mol. The lowest BCUT2D eigenvalue weighted by molar-refractivity contribution is -0.0494. The van der Waals surface area contributed by atoms with Gasteiger partial charge < -0.3 is 10.1 Å². The van der Waals surface area contributed by atoms with E-state index in [1.165, 1.54) is 26.0 Å². The third-order valence-electron chi connectivity index (χ3n) is 4.18. The van der Waals surface area contributed by atoms with Crippen molar-refractivity contribution in [3.8, 4) is 17.0 Å². The van der Waals surface area contributed by atoms with E-state index in [-0.39, 0.29) is 28.2 Å². The molecule has 0 spiro atoms. The molecule has 4 rings (SSSR count). The fraction of sp³-hybridized carbons (Fsp3) is 0.0588. The van der Waals surface area contributed by atoms with Gasteiger partial charge in [-0.05, 0) is 24.3 Å². The summed E-state index contributed by atoms with van der Waals surface area (Å²) in [5.41, 5.74) is 0.214. The molecule has 32 heavy (non-hydrogen) atoms. The fourth-order valence-corrected chi connectivity index (χ4v) is 3.87. The van der Waals surface area contributed by atoms with E-state index in [9.17, 15) is 26.5 Å². The number of alkyl halides is 2. The van der Waals surface area contributed by atoms with Gasteiger partial charge in [-0.15, -0.1) is 0 Å². The Morgan fingerprint density at radius 1 is 1.31 bits per heavy atom. The van der Waals surface area contributed by atoms with Crippen molar-refractivity contribution in [3.63, 3.8) is 0 Å². The van der Waals surface area contributed by atoms with Crippen LogP contribution < -0.4 is 10.1 Å². The number of hydrogen-bond donors (Lipinski definition) is 2. The van der Waals surface area contributed by atoms with Gasteiger partial charge in [-0.1, -0.05) is 0 Å². The highest BCUT2D eigenvalue weighted by molar-refractivity contribution is 14.1. The molecular formula is C17H11F2IN6O5S. The van der Waals surface area contributed by atoms with E-state index < -0.39 is 33.3 Å². The molecule has 0 fully saturated rings. The van der Waals surface area contributed by atoms with Crippen LogP contribution in [0, 0.1) is 0 Å². The molecule has 0 unspecified atom stereocenters. The van der Waals surface area contributed by atoms with Crippen LogP contribution in [0.25, 0.3) is 16.9 Å². The third-order valence-corrected chi connectivity index (χ3v) is 5.52. The van der Waals surface area contributed by atoms with Crippen LogP contribution in [-0.2, 0) is 10.1 Å². The minimum atomic E-state index is -4.65. The Hall–Kier alpha value is -3.18. The van der Waals surface area contributed by atoms with E-state index in [0.717, 1.165) is 18.2 Å². The molecule has 0 bridgehead atoms. The molecule has 0 saturated carbocycles. The second-order valence-electron chi connectivity index (χ2n) is 6.19. The second kappa shape index (κ2) is 8.40. The lowest BCUT2D eigenvalue weighted by atomic mass is 10.1. The zero-order valence-corrected chi connectivity index (χ0v) is 18.5. The topological polar surface area (TPSA) is 141 Å². The van der Waals surface area contributed by atoms with Gasteiger partial charge in [-0.3, -0.25) is 9.35 Å². The molecule has 3 heterocycles. The Bertz CT molecular complexity index is 1440. The largest absolute Gasteiger partial charge is 0.434 e. The first-order valence-electron chi connectivity index (χ1n) is 8.56. The normalized spacial score (nSPS) is 11.8. The first-order valence-corrected chi connectivity index (χ1v) is 11.0. The summed E-state index contributed by atoms with van der Waals surface area (Å²) in [7, 11) is -4.65. The van der Waals surface area contributed by atoms with Crippen molar-refractivity contribution >= 4 is 50.2 Å². The Balaban J connectivity index is 1.79. The molecule has 166 valence electrons. The zero-order chi connectivity index (χ0) is 23.0. The van der Waals surface area contributed by atoms with Gasteiger partial charge in [-0.2, -0.15) is 27.4 Å². The van der Waals surface area contributed by atoms with Crippen molar-refractivity contribution in [3.05, 3.63) is 54.6 Å². The number of ether oxygens (including phenoxy) is 1. The Labute approximate surface area is 192 Å². The lowest BCUT2D eigenvalue weighted by Gasteiger charge is -2.12. The van der Waals surface area contributed by atoms with Gasteiger partial charge in [0.2, 0.25) is 0 Å². The molecule has 1 amide bonds. The second-order valence-corrected chi connectivity index (χ2v) is 8.60. The fourth-order valence-electron chi connectivity index (χ4n) is 2.87. The summed E-state index contributed by atoms with van der Waals surface area (Å²) in [5.74, 6) is -1.03. The molecule has 0 radical (unpaired) electrons. The molecule has 0 aliphatic carbocycles. The molecule has 4 aromatic rings. The maximum atomic E-state index is 12.9. The number of rotatable bonds is 6. The molecule has 0 atom stereocenters. The number of amides is 1. The van der Waals surface area contributed by atoms with E-state index in [0.29, 0.717) is 0 Å². The first-order chi connectivity index (χ1) is 15.1. The Morgan fingerprint density at radius 3 is 2.81 bits per heavy atom. The summed E-state index contributed by atoms with van der Waals surface area (Å²) in [6.45, 7) is -3.21. The summed E-state index contributed by atoms with van der Waals surface area (Å²) >= 11 is 1.76. The average Bonchev–Trinajstić information content (AvgIpc) is 3.30. The van der Waals surface area contributed by atoms with Crippen LogP contribution in [0.15, 0.2) is 53.9 Å². The van der Waals surface area contributed by atoms with Crippen molar-refractivity contribution in [2.24, 2.45) is 0 Å². The highest BCUT2D eigenvalue weighted by atomic mass is 127.